The lowest BCUT2D eigenvalue weighted by molar-refractivity contribution is -0.120. The van der Waals surface area contributed by atoms with Crippen molar-refractivity contribution in [2.24, 2.45) is 5.92 Å². The molecule has 5 heteroatoms. The summed E-state index contributed by atoms with van der Waals surface area (Å²) < 4.78 is 5.31. The topological polar surface area (TPSA) is 55.4 Å². The van der Waals surface area contributed by atoms with E-state index in [0.717, 1.165) is 63.4 Å². The van der Waals surface area contributed by atoms with E-state index in [0.29, 0.717) is 17.2 Å². The van der Waals surface area contributed by atoms with E-state index in [4.69, 9.17) is 4.74 Å². The average Bonchev–Trinajstić information content (AvgIpc) is 3.05. The highest BCUT2D eigenvalue weighted by Crippen LogP contribution is 2.39. The fourth-order valence-corrected chi connectivity index (χ4v) is 5.24. The van der Waals surface area contributed by atoms with E-state index in [1.807, 2.05) is 6.92 Å². The first-order valence-electron chi connectivity index (χ1n) is 11.2. The lowest BCUT2D eigenvalue weighted by Gasteiger charge is -2.17. The van der Waals surface area contributed by atoms with E-state index in [1.54, 1.807) is 11.3 Å². The molecule has 1 aliphatic rings. The predicted molar refractivity (Wildman–Crippen MR) is 117 cm³/mol. The van der Waals surface area contributed by atoms with Crippen LogP contribution in [0, 0.1) is 5.92 Å². The number of carbonyl (C=O) groups excluding carboxylic acids is 2. The molecule has 0 aromatic carbocycles. The van der Waals surface area contributed by atoms with Gasteiger partial charge in [-0.3, -0.25) is 4.79 Å². The van der Waals surface area contributed by atoms with Crippen molar-refractivity contribution in [3.05, 3.63) is 16.0 Å². The van der Waals surface area contributed by atoms with E-state index < -0.39 is 0 Å². The number of ether oxygens (including phenoxy) is 1. The quantitative estimate of drug-likeness (QED) is 0.317. The summed E-state index contributed by atoms with van der Waals surface area (Å²) in [5, 5.41) is 3.85. The first-order chi connectivity index (χ1) is 13.6. The maximum absolute atomic E-state index is 13.1. The van der Waals surface area contributed by atoms with E-state index in [2.05, 4.69) is 19.2 Å². The zero-order chi connectivity index (χ0) is 20.4. The minimum absolute atomic E-state index is 0.0333. The number of amides is 1. The van der Waals surface area contributed by atoms with Crippen molar-refractivity contribution in [2.75, 3.05) is 11.9 Å². The second-order valence-electron chi connectivity index (χ2n) is 7.81. The Kier molecular flexibility index (Phi) is 10.0. The summed E-state index contributed by atoms with van der Waals surface area (Å²) >= 11 is 1.58. The largest absolute Gasteiger partial charge is 0.462 e. The van der Waals surface area contributed by atoms with Gasteiger partial charge >= 0.3 is 5.97 Å². The molecule has 0 aliphatic heterocycles. The molecular formula is C23H37NO3S. The molecule has 1 N–H and O–H groups in total. The standard InChI is InChI=1S/C23H37NO3S/c1-4-7-9-10-14-17(13-8-5-2)21(25)24-22-20(23(26)27-6-3)18-15-11-12-16-19(18)28-22/h17H,4-16H2,1-3H3,(H,24,25). The number of carbonyl (C=O) groups is 2. The van der Waals surface area contributed by atoms with Crippen LogP contribution in [-0.4, -0.2) is 18.5 Å². The summed E-state index contributed by atoms with van der Waals surface area (Å²) in [6.45, 7) is 6.55. The van der Waals surface area contributed by atoms with E-state index in [1.165, 1.54) is 24.1 Å². The van der Waals surface area contributed by atoms with Crippen LogP contribution in [0.2, 0.25) is 0 Å². The summed E-state index contributed by atoms with van der Waals surface area (Å²) in [6, 6.07) is 0. The summed E-state index contributed by atoms with van der Waals surface area (Å²) in [6.07, 6.45) is 12.9. The minimum atomic E-state index is -0.287. The first kappa shape index (κ1) is 22.9. The molecule has 0 bridgehead atoms. The first-order valence-corrected chi connectivity index (χ1v) is 12.1. The molecule has 0 saturated heterocycles. The molecule has 1 amide bonds. The Balaban J connectivity index is 2.14. The van der Waals surface area contributed by atoms with Gasteiger partial charge in [0.05, 0.1) is 12.2 Å². The van der Waals surface area contributed by atoms with E-state index in [9.17, 15) is 9.59 Å². The van der Waals surface area contributed by atoms with Crippen LogP contribution in [0.3, 0.4) is 0 Å². The van der Waals surface area contributed by atoms with Gasteiger partial charge in [-0.15, -0.1) is 11.3 Å². The number of thiophene rings is 1. The van der Waals surface area contributed by atoms with Crippen molar-refractivity contribution in [1.29, 1.82) is 0 Å². The van der Waals surface area contributed by atoms with Crippen molar-refractivity contribution in [2.45, 2.75) is 97.8 Å². The van der Waals surface area contributed by atoms with E-state index >= 15 is 0 Å². The third-order valence-corrected chi connectivity index (χ3v) is 6.78. The molecule has 4 nitrogen and oxygen atoms in total. The van der Waals surface area contributed by atoms with Gasteiger partial charge in [0.1, 0.15) is 5.00 Å². The molecule has 1 heterocycles. The summed E-state index contributed by atoms with van der Waals surface area (Å²) in [5.74, 6) is -0.176. The van der Waals surface area contributed by atoms with Gasteiger partial charge in [0, 0.05) is 10.8 Å². The second kappa shape index (κ2) is 12.3. The maximum atomic E-state index is 13.1. The lowest BCUT2D eigenvalue weighted by atomic mass is 9.94. The van der Waals surface area contributed by atoms with Gasteiger partial charge in [0.15, 0.2) is 0 Å². The fourth-order valence-electron chi connectivity index (χ4n) is 3.96. The Morgan fingerprint density at radius 1 is 1.00 bits per heavy atom. The highest BCUT2D eigenvalue weighted by Gasteiger charge is 2.28. The van der Waals surface area contributed by atoms with Gasteiger partial charge in [0.2, 0.25) is 5.91 Å². The van der Waals surface area contributed by atoms with Crippen molar-refractivity contribution in [3.8, 4) is 0 Å². The second-order valence-corrected chi connectivity index (χ2v) is 8.92. The lowest BCUT2D eigenvalue weighted by Crippen LogP contribution is -2.24. The van der Waals surface area contributed by atoms with Gasteiger partial charge in [-0.05, 0) is 51.0 Å². The monoisotopic (exact) mass is 407 g/mol. The fraction of sp³-hybridized carbons (Fsp3) is 0.739. The maximum Gasteiger partial charge on any atom is 0.341 e. The van der Waals surface area contributed by atoms with Gasteiger partial charge in [-0.1, -0.05) is 52.4 Å². The molecule has 158 valence electrons. The van der Waals surface area contributed by atoms with E-state index in [-0.39, 0.29) is 17.8 Å². The third kappa shape index (κ3) is 6.33. The molecule has 1 unspecified atom stereocenters. The van der Waals surface area contributed by atoms with Crippen LogP contribution in [0.1, 0.15) is 106 Å². The minimum Gasteiger partial charge on any atom is -0.462 e. The highest BCUT2D eigenvalue weighted by molar-refractivity contribution is 7.17. The molecule has 1 atom stereocenters. The number of hydrogen-bond donors (Lipinski definition) is 1. The molecule has 0 radical (unpaired) electrons. The Hall–Kier alpha value is -1.36. The van der Waals surface area contributed by atoms with Gasteiger partial charge in [-0.2, -0.15) is 0 Å². The number of rotatable bonds is 12. The molecule has 2 rings (SSSR count). The van der Waals surface area contributed by atoms with Crippen molar-refractivity contribution < 1.29 is 14.3 Å². The van der Waals surface area contributed by atoms with Crippen molar-refractivity contribution in [3.63, 3.8) is 0 Å². The van der Waals surface area contributed by atoms with Gasteiger partial charge in [0.25, 0.3) is 0 Å². The van der Waals surface area contributed by atoms with Crippen LogP contribution in [0.25, 0.3) is 0 Å². The van der Waals surface area contributed by atoms with Crippen LogP contribution in [0.15, 0.2) is 0 Å². The zero-order valence-corrected chi connectivity index (χ0v) is 18.7. The molecule has 1 aromatic rings. The highest BCUT2D eigenvalue weighted by atomic mass is 32.1. The Bertz CT molecular complexity index is 638. The number of hydrogen-bond acceptors (Lipinski definition) is 4. The Morgan fingerprint density at radius 2 is 1.71 bits per heavy atom. The predicted octanol–water partition coefficient (Wildman–Crippen LogP) is 6.52. The number of unbranched alkanes of at least 4 members (excludes halogenated alkanes) is 4. The molecule has 1 aromatic heterocycles. The van der Waals surface area contributed by atoms with Crippen molar-refractivity contribution >= 4 is 28.2 Å². The molecule has 28 heavy (non-hydrogen) atoms. The average molecular weight is 408 g/mol. The van der Waals surface area contributed by atoms with Crippen LogP contribution in [0.5, 0.6) is 0 Å². The molecule has 0 spiro atoms. The van der Waals surface area contributed by atoms with Crippen molar-refractivity contribution in [1.82, 2.24) is 0 Å². The SMILES string of the molecule is CCCCCCC(CCCC)C(=O)Nc1sc2c(c1C(=O)OCC)CCCC2. The summed E-state index contributed by atoms with van der Waals surface area (Å²) in [4.78, 5) is 26.9. The summed E-state index contributed by atoms with van der Waals surface area (Å²) in [7, 11) is 0. The number of aryl methyl sites for hydroxylation is 1. The van der Waals surface area contributed by atoms with Crippen LogP contribution in [0.4, 0.5) is 5.00 Å². The number of esters is 1. The molecule has 0 saturated carbocycles. The smallest absolute Gasteiger partial charge is 0.341 e. The Labute approximate surface area is 174 Å². The van der Waals surface area contributed by atoms with Crippen LogP contribution in [-0.2, 0) is 22.4 Å². The molecule has 1 aliphatic carbocycles. The number of nitrogens with one attached hydrogen (secondary N) is 1. The molecular weight excluding hydrogens is 370 g/mol. The third-order valence-electron chi connectivity index (χ3n) is 5.57. The van der Waals surface area contributed by atoms with Crippen LogP contribution < -0.4 is 5.32 Å². The van der Waals surface area contributed by atoms with Gasteiger partial charge in [-0.25, -0.2) is 4.79 Å². The zero-order valence-electron chi connectivity index (χ0n) is 17.9. The Morgan fingerprint density at radius 3 is 2.43 bits per heavy atom. The summed E-state index contributed by atoms with van der Waals surface area (Å²) in [5.41, 5.74) is 1.73. The van der Waals surface area contributed by atoms with Crippen LogP contribution >= 0.6 is 11.3 Å². The van der Waals surface area contributed by atoms with Gasteiger partial charge < -0.3 is 10.1 Å². The number of anilines is 1. The number of fused-ring (bicyclic) bond motifs is 1. The molecule has 0 fully saturated rings. The normalized spacial score (nSPS) is 14.4.